The largest absolute Gasteiger partial charge is 0.396 e. The van der Waals surface area contributed by atoms with Crippen molar-refractivity contribution in [2.75, 3.05) is 36.9 Å². The molecule has 1 fully saturated rings. The predicted molar refractivity (Wildman–Crippen MR) is 76.9 cm³/mol. The lowest BCUT2D eigenvalue weighted by atomic mass is 10.1. The van der Waals surface area contributed by atoms with Crippen molar-refractivity contribution >= 4 is 38.2 Å². The van der Waals surface area contributed by atoms with Crippen LogP contribution in [-0.2, 0) is 4.74 Å². The average Bonchev–Trinajstić information content (AvgIpc) is 2.39. The Kier molecular flexibility index (Phi) is 3.09. The SMILES string of the molecule is Nc1cnc2ccc(Br)cc2c1N1CCOCC1. The summed E-state index contributed by atoms with van der Waals surface area (Å²) >= 11 is 3.50. The van der Waals surface area contributed by atoms with Gasteiger partial charge in [-0.2, -0.15) is 0 Å². The molecule has 0 atom stereocenters. The number of nitrogens with zero attached hydrogens (tertiary/aromatic N) is 2. The fourth-order valence-corrected chi connectivity index (χ4v) is 2.67. The minimum Gasteiger partial charge on any atom is -0.396 e. The van der Waals surface area contributed by atoms with Gasteiger partial charge in [-0.1, -0.05) is 15.9 Å². The summed E-state index contributed by atoms with van der Waals surface area (Å²) in [5, 5.41) is 1.09. The van der Waals surface area contributed by atoms with Gasteiger partial charge >= 0.3 is 0 Å². The number of pyridine rings is 1. The van der Waals surface area contributed by atoms with Crippen LogP contribution >= 0.6 is 15.9 Å². The summed E-state index contributed by atoms with van der Waals surface area (Å²) in [6.07, 6.45) is 1.74. The van der Waals surface area contributed by atoms with Gasteiger partial charge in [0.05, 0.1) is 36.3 Å². The number of benzene rings is 1. The molecule has 2 heterocycles. The van der Waals surface area contributed by atoms with E-state index < -0.39 is 0 Å². The normalized spacial score (nSPS) is 16.2. The molecule has 0 unspecified atom stereocenters. The van der Waals surface area contributed by atoms with E-state index in [0.717, 1.165) is 53.1 Å². The number of halogens is 1. The van der Waals surface area contributed by atoms with E-state index in [1.54, 1.807) is 6.20 Å². The summed E-state index contributed by atoms with van der Waals surface area (Å²) in [5.41, 5.74) is 8.87. The second kappa shape index (κ2) is 4.74. The van der Waals surface area contributed by atoms with E-state index in [2.05, 4.69) is 31.9 Å². The Morgan fingerprint density at radius 3 is 2.83 bits per heavy atom. The molecule has 0 amide bonds. The van der Waals surface area contributed by atoms with Crippen molar-refractivity contribution in [3.8, 4) is 0 Å². The number of fused-ring (bicyclic) bond motifs is 1. The molecule has 1 aliphatic rings. The molecule has 0 bridgehead atoms. The molecule has 94 valence electrons. The van der Waals surface area contributed by atoms with Crippen LogP contribution in [0.15, 0.2) is 28.9 Å². The number of nitrogen functional groups attached to an aromatic ring is 1. The fourth-order valence-electron chi connectivity index (χ4n) is 2.31. The minimum absolute atomic E-state index is 0.725. The Hall–Kier alpha value is -1.33. The molecule has 0 radical (unpaired) electrons. The van der Waals surface area contributed by atoms with E-state index in [1.165, 1.54) is 0 Å². The Morgan fingerprint density at radius 1 is 1.28 bits per heavy atom. The predicted octanol–water partition coefficient (Wildman–Crippen LogP) is 2.42. The van der Waals surface area contributed by atoms with E-state index in [0.29, 0.717) is 0 Å². The third-order valence-electron chi connectivity index (χ3n) is 3.16. The van der Waals surface area contributed by atoms with Gasteiger partial charge < -0.3 is 15.4 Å². The van der Waals surface area contributed by atoms with Crippen LogP contribution in [0.25, 0.3) is 10.9 Å². The second-order valence-corrected chi connectivity index (χ2v) is 5.24. The van der Waals surface area contributed by atoms with E-state index in [1.807, 2.05) is 12.1 Å². The quantitative estimate of drug-likeness (QED) is 0.879. The second-order valence-electron chi connectivity index (χ2n) is 4.32. The molecular formula is C13H14BrN3O. The van der Waals surface area contributed by atoms with Gasteiger partial charge in [0.2, 0.25) is 0 Å². The van der Waals surface area contributed by atoms with Crippen LogP contribution in [0, 0.1) is 0 Å². The van der Waals surface area contributed by atoms with Crippen LogP contribution in [0.1, 0.15) is 0 Å². The number of hydrogen-bond acceptors (Lipinski definition) is 4. The number of aromatic nitrogens is 1. The molecule has 3 rings (SSSR count). The zero-order valence-corrected chi connectivity index (χ0v) is 11.5. The highest BCUT2D eigenvalue weighted by Crippen LogP contribution is 2.33. The highest BCUT2D eigenvalue weighted by atomic mass is 79.9. The molecule has 1 aromatic carbocycles. The van der Waals surface area contributed by atoms with Crippen LogP contribution in [0.5, 0.6) is 0 Å². The molecule has 5 heteroatoms. The van der Waals surface area contributed by atoms with Crippen molar-refractivity contribution in [1.29, 1.82) is 0 Å². The lowest BCUT2D eigenvalue weighted by molar-refractivity contribution is 0.123. The number of anilines is 2. The monoisotopic (exact) mass is 307 g/mol. The standard InChI is InChI=1S/C13H14BrN3O/c14-9-1-2-12-10(7-9)13(11(15)8-16-12)17-3-5-18-6-4-17/h1-2,7-8H,3-6,15H2. The third-order valence-corrected chi connectivity index (χ3v) is 3.65. The molecule has 1 aliphatic heterocycles. The van der Waals surface area contributed by atoms with Gasteiger partial charge in [0, 0.05) is 22.9 Å². The maximum absolute atomic E-state index is 6.11. The van der Waals surface area contributed by atoms with Gasteiger partial charge in [-0.3, -0.25) is 4.98 Å². The number of morpholine rings is 1. The third kappa shape index (κ3) is 2.04. The maximum atomic E-state index is 6.11. The summed E-state index contributed by atoms with van der Waals surface area (Å²) in [6, 6.07) is 6.07. The van der Waals surface area contributed by atoms with Crippen LogP contribution in [0.4, 0.5) is 11.4 Å². The highest BCUT2D eigenvalue weighted by Gasteiger charge is 2.17. The zero-order valence-electron chi connectivity index (χ0n) is 9.90. The summed E-state index contributed by atoms with van der Waals surface area (Å²) < 4.78 is 6.43. The van der Waals surface area contributed by atoms with Crippen LogP contribution in [0.3, 0.4) is 0 Å². The molecule has 2 aromatic rings. The van der Waals surface area contributed by atoms with E-state index in [4.69, 9.17) is 10.5 Å². The van der Waals surface area contributed by atoms with Crippen molar-refractivity contribution in [3.63, 3.8) is 0 Å². The molecule has 1 aromatic heterocycles. The summed E-state index contributed by atoms with van der Waals surface area (Å²) in [7, 11) is 0. The first-order valence-electron chi connectivity index (χ1n) is 5.92. The van der Waals surface area contributed by atoms with Crippen LogP contribution in [-0.4, -0.2) is 31.3 Å². The molecule has 0 aliphatic carbocycles. The van der Waals surface area contributed by atoms with Gasteiger partial charge in [-0.15, -0.1) is 0 Å². The molecular weight excluding hydrogens is 294 g/mol. The molecule has 1 saturated heterocycles. The maximum Gasteiger partial charge on any atom is 0.0745 e. The molecule has 0 spiro atoms. The Morgan fingerprint density at radius 2 is 2.06 bits per heavy atom. The average molecular weight is 308 g/mol. The van der Waals surface area contributed by atoms with E-state index in [-0.39, 0.29) is 0 Å². The molecule has 4 nitrogen and oxygen atoms in total. The van der Waals surface area contributed by atoms with Crippen LogP contribution in [0.2, 0.25) is 0 Å². The smallest absolute Gasteiger partial charge is 0.0745 e. The van der Waals surface area contributed by atoms with Crippen molar-refractivity contribution in [2.45, 2.75) is 0 Å². The zero-order chi connectivity index (χ0) is 12.5. The summed E-state index contributed by atoms with van der Waals surface area (Å²) in [4.78, 5) is 6.65. The van der Waals surface area contributed by atoms with Crippen molar-refractivity contribution in [2.24, 2.45) is 0 Å². The van der Waals surface area contributed by atoms with Crippen molar-refractivity contribution < 1.29 is 4.74 Å². The van der Waals surface area contributed by atoms with Gasteiger partial charge in [0.1, 0.15) is 0 Å². The Bertz CT molecular complexity index is 576. The van der Waals surface area contributed by atoms with Crippen molar-refractivity contribution in [3.05, 3.63) is 28.9 Å². The van der Waals surface area contributed by atoms with E-state index in [9.17, 15) is 0 Å². The van der Waals surface area contributed by atoms with Gasteiger partial charge in [-0.25, -0.2) is 0 Å². The van der Waals surface area contributed by atoms with Crippen molar-refractivity contribution in [1.82, 2.24) is 4.98 Å². The number of ether oxygens (including phenoxy) is 1. The van der Waals surface area contributed by atoms with Gasteiger partial charge in [0.15, 0.2) is 0 Å². The first-order valence-corrected chi connectivity index (χ1v) is 6.71. The minimum atomic E-state index is 0.725. The number of hydrogen-bond donors (Lipinski definition) is 1. The van der Waals surface area contributed by atoms with Gasteiger partial charge in [-0.05, 0) is 18.2 Å². The van der Waals surface area contributed by atoms with Gasteiger partial charge in [0.25, 0.3) is 0 Å². The molecule has 0 saturated carbocycles. The van der Waals surface area contributed by atoms with Crippen LogP contribution < -0.4 is 10.6 Å². The lowest BCUT2D eigenvalue weighted by Gasteiger charge is -2.30. The van der Waals surface area contributed by atoms with E-state index >= 15 is 0 Å². The molecule has 2 N–H and O–H groups in total. The summed E-state index contributed by atoms with van der Waals surface area (Å²) in [6.45, 7) is 3.24. The lowest BCUT2D eigenvalue weighted by Crippen LogP contribution is -2.36. The number of rotatable bonds is 1. The fraction of sp³-hybridized carbons (Fsp3) is 0.308. The molecule has 18 heavy (non-hydrogen) atoms. The first-order chi connectivity index (χ1) is 8.75. The Labute approximate surface area is 114 Å². The highest BCUT2D eigenvalue weighted by molar-refractivity contribution is 9.10. The number of nitrogens with two attached hydrogens (primary N) is 1. The Balaban J connectivity index is 2.18. The summed E-state index contributed by atoms with van der Waals surface area (Å²) in [5.74, 6) is 0. The first kappa shape index (κ1) is 11.7. The topological polar surface area (TPSA) is 51.4 Å².